The Balaban J connectivity index is 0.00000243. The number of hydrogen-bond donors (Lipinski definition) is 1. The molecule has 1 fully saturated rings. The number of nitrogens with one attached hydrogen (secondary N) is 1. The molecule has 4 nitrogen and oxygen atoms in total. The van der Waals surface area contributed by atoms with E-state index in [1.165, 1.54) is 12.8 Å². The zero-order chi connectivity index (χ0) is 18.0. The summed E-state index contributed by atoms with van der Waals surface area (Å²) in [4.78, 5) is 28.1. The SMILES string of the molecule is C=Cc1cc(C=O)c(-c2ccc(C(=O)NCC3CC3)nc2C)cc1C.[HH]. The molecule has 1 aromatic heterocycles. The molecule has 130 valence electrons. The van der Waals surface area contributed by atoms with Crippen molar-refractivity contribution in [3.63, 3.8) is 0 Å². The molecule has 4 heteroatoms. The van der Waals surface area contributed by atoms with Crippen LogP contribution >= 0.6 is 0 Å². The number of rotatable bonds is 6. The van der Waals surface area contributed by atoms with Crippen LogP contribution < -0.4 is 5.32 Å². The van der Waals surface area contributed by atoms with E-state index in [0.717, 1.165) is 40.8 Å². The van der Waals surface area contributed by atoms with Crippen molar-refractivity contribution in [3.8, 4) is 11.1 Å². The number of aromatic nitrogens is 1. The van der Waals surface area contributed by atoms with E-state index in [0.29, 0.717) is 17.2 Å². The van der Waals surface area contributed by atoms with Gasteiger partial charge in [0.25, 0.3) is 5.91 Å². The highest BCUT2D eigenvalue weighted by molar-refractivity contribution is 5.94. The molecule has 1 heterocycles. The number of aldehydes is 1. The van der Waals surface area contributed by atoms with Gasteiger partial charge in [-0.1, -0.05) is 24.8 Å². The predicted molar refractivity (Wildman–Crippen MR) is 102 cm³/mol. The van der Waals surface area contributed by atoms with Crippen molar-refractivity contribution < 1.29 is 11.0 Å². The Hall–Kier alpha value is -2.75. The highest BCUT2D eigenvalue weighted by Crippen LogP contribution is 2.29. The van der Waals surface area contributed by atoms with E-state index < -0.39 is 0 Å². The summed E-state index contributed by atoms with van der Waals surface area (Å²) in [5.41, 5.74) is 5.40. The van der Waals surface area contributed by atoms with Crippen molar-refractivity contribution in [3.05, 3.63) is 58.9 Å². The number of aryl methyl sites for hydroxylation is 2. The molecule has 0 atom stereocenters. The predicted octanol–water partition coefficient (Wildman–Crippen LogP) is 4.21. The van der Waals surface area contributed by atoms with Gasteiger partial charge in [0, 0.05) is 24.8 Å². The summed E-state index contributed by atoms with van der Waals surface area (Å²) in [6, 6.07) is 7.39. The van der Waals surface area contributed by atoms with Crippen LogP contribution in [0, 0.1) is 19.8 Å². The normalized spacial score (nSPS) is 13.4. The molecule has 1 saturated carbocycles. The lowest BCUT2D eigenvalue weighted by Crippen LogP contribution is -2.26. The molecule has 0 bridgehead atoms. The summed E-state index contributed by atoms with van der Waals surface area (Å²) >= 11 is 0. The van der Waals surface area contributed by atoms with E-state index in [4.69, 9.17) is 0 Å². The lowest BCUT2D eigenvalue weighted by molar-refractivity contribution is 0.0946. The fourth-order valence-corrected chi connectivity index (χ4v) is 2.91. The number of carbonyl (C=O) groups excluding carboxylic acids is 2. The minimum absolute atomic E-state index is 0. The van der Waals surface area contributed by atoms with Gasteiger partial charge in [-0.3, -0.25) is 9.59 Å². The van der Waals surface area contributed by atoms with Gasteiger partial charge in [0.05, 0.1) is 0 Å². The van der Waals surface area contributed by atoms with Crippen LogP contribution in [0.25, 0.3) is 17.2 Å². The lowest BCUT2D eigenvalue weighted by Gasteiger charge is -2.12. The second-order valence-electron chi connectivity index (χ2n) is 6.60. The molecule has 0 saturated heterocycles. The Morgan fingerprint density at radius 1 is 1.28 bits per heavy atom. The van der Waals surface area contributed by atoms with Gasteiger partial charge in [-0.05, 0) is 61.4 Å². The van der Waals surface area contributed by atoms with Gasteiger partial charge >= 0.3 is 0 Å². The molecule has 25 heavy (non-hydrogen) atoms. The van der Waals surface area contributed by atoms with Gasteiger partial charge in [-0.25, -0.2) is 4.98 Å². The van der Waals surface area contributed by atoms with Crippen molar-refractivity contribution in [2.75, 3.05) is 6.54 Å². The van der Waals surface area contributed by atoms with E-state index in [1.807, 2.05) is 32.0 Å². The molecule has 1 N–H and O–H groups in total. The second kappa shape index (κ2) is 7.01. The standard InChI is InChI=1S/C21H22N2O2.H2/c1-4-16-10-17(12-24)19(9-13(16)2)18-7-8-20(23-14(18)3)21(25)22-11-15-5-6-15;/h4,7-10,12,15H,1,5-6,11H2,2-3H3,(H,22,25);1H. The summed E-state index contributed by atoms with van der Waals surface area (Å²) in [7, 11) is 0. The van der Waals surface area contributed by atoms with E-state index in [2.05, 4.69) is 16.9 Å². The molecule has 1 amide bonds. The van der Waals surface area contributed by atoms with Gasteiger partial charge in [-0.2, -0.15) is 0 Å². The molecule has 0 radical (unpaired) electrons. The third kappa shape index (κ3) is 3.68. The molecule has 0 aliphatic heterocycles. The van der Waals surface area contributed by atoms with Crippen LogP contribution in [-0.4, -0.2) is 23.7 Å². The van der Waals surface area contributed by atoms with Gasteiger partial charge in [0.2, 0.25) is 0 Å². The fourth-order valence-electron chi connectivity index (χ4n) is 2.91. The molecule has 3 rings (SSSR count). The molecule has 0 spiro atoms. The summed E-state index contributed by atoms with van der Waals surface area (Å²) in [6.07, 6.45) is 4.97. The Morgan fingerprint density at radius 3 is 2.64 bits per heavy atom. The summed E-state index contributed by atoms with van der Waals surface area (Å²) in [5.74, 6) is 0.487. The quantitative estimate of drug-likeness (QED) is 0.804. The van der Waals surface area contributed by atoms with Gasteiger partial charge in [0.1, 0.15) is 5.69 Å². The highest BCUT2D eigenvalue weighted by atomic mass is 16.1. The molecule has 1 aliphatic carbocycles. The van der Waals surface area contributed by atoms with Crippen LogP contribution in [-0.2, 0) is 0 Å². The van der Waals surface area contributed by atoms with Crippen LogP contribution in [0.1, 0.15) is 51.9 Å². The fraction of sp³-hybridized carbons (Fsp3) is 0.286. The van der Waals surface area contributed by atoms with Crippen LogP contribution in [0.2, 0.25) is 0 Å². The smallest absolute Gasteiger partial charge is 0.269 e. The van der Waals surface area contributed by atoms with Gasteiger partial charge < -0.3 is 5.32 Å². The summed E-state index contributed by atoms with van der Waals surface area (Å²) in [5, 5.41) is 2.93. The van der Waals surface area contributed by atoms with E-state index in [9.17, 15) is 9.59 Å². The van der Waals surface area contributed by atoms with Crippen molar-refractivity contribution in [1.82, 2.24) is 10.3 Å². The minimum atomic E-state index is -0.143. The number of benzene rings is 1. The third-order valence-corrected chi connectivity index (χ3v) is 4.64. The summed E-state index contributed by atoms with van der Waals surface area (Å²) < 4.78 is 0. The first-order valence-corrected chi connectivity index (χ1v) is 8.52. The largest absolute Gasteiger partial charge is 0.350 e. The lowest BCUT2D eigenvalue weighted by atomic mass is 9.94. The van der Waals surface area contributed by atoms with Crippen LogP contribution in [0.5, 0.6) is 0 Å². The van der Waals surface area contributed by atoms with Crippen LogP contribution in [0.4, 0.5) is 0 Å². The first kappa shape index (κ1) is 17.1. The maximum atomic E-state index is 12.2. The molecular weight excluding hydrogens is 312 g/mol. The topological polar surface area (TPSA) is 59.1 Å². The zero-order valence-corrected chi connectivity index (χ0v) is 14.6. The van der Waals surface area contributed by atoms with Crippen molar-refractivity contribution >= 4 is 18.3 Å². The van der Waals surface area contributed by atoms with Gasteiger partial charge in [0.15, 0.2) is 6.29 Å². The first-order chi connectivity index (χ1) is 12.0. The Labute approximate surface area is 149 Å². The zero-order valence-electron chi connectivity index (χ0n) is 14.6. The van der Waals surface area contributed by atoms with Gasteiger partial charge in [-0.15, -0.1) is 0 Å². The molecular formula is C21H24N2O2. The third-order valence-electron chi connectivity index (χ3n) is 4.64. The monoisotopic (exact) mass is 336 g/mol. The first-order valence-electron chi connectivity index (χ1n) is 8.52. The van der Waals surface area contributed by atoms with Crippen molar-refractivity contribution in [2.24, 2.45) is 5.92 Å². The van der Waals surface area contributed by atoms with E-state index >= 15 is 0 Å². The molecule has 2 aromatic rings. The van der Waals surface area contributed by atoms with Crippen LogP contribution in [0.15, 0.2) is 30.8 Å². The van der Waals surface area contributed by atoms with E-state index in [-0.39, 0.29) is 7.33 Å². The average Bonchev–Trinajstić information content (AvgIpc) is 3.43. The summed E-state index contributed by atoms with van der Waals surface area (Å²) in [6.45, 7) is 8.34. The number of amides is 1. The maximum Gasteiger partial charge on any atom is 0.269 e. The number of nitrogens with zero attached hydrogens (tertiary/aromatic N) is 1. The maximum absolute atomic E-state index is 12.2. The Kier molecular flexibility index (Phi) is 4.79. The average molecular weight is 336 g/mol. The minimum Gasteiger partial charge on any atom is -0.350 e. The van der Waals surface area contributed by atoms with Crippen molar-refractivity contribution in [2.45, 2.75) is 26.7 Å². The van der Waals surface area contributed by atoms with E-state index in [1.54, 1.807) is 12.1 Å². The van der Waals surface area contributed by atoms with Crippen molar-refractivity contribution in [1.29, 1.82) is 0 Å². The number of carbonyl (C=O) groups is 2. The molecule has 1 aliphatic rings. The Morgan fingerprint density at radius 2 is 2.04 bits per heavy atom. The number of hydrogen-bond acceptors (Lipinski definition) is 3. The number of pyridine rings is 1. The highest BCUT2D eigenvalue weighted by Gasteiger charge is 2.22. The van der Waals surface area contributed by atoms with Crippen LogP contribution in [0.3, 0.4) is 0 Å². The Bertz CT molecular complexity index is 857. The molecule has 0 unspecified atom stereocenters. The molecule has 1 aromatic carbocycles. The second-order valence-corrected chi connectivity index (χ2v) is 6.60.